The molecule has 0 atom stereocenters. The monoisotopic (exact) mass is 274 g/mol. The minimum Gasteiger partial charge on any atom is -0.378 e. The number of rotatable bonds is 4. The van der Waals surface area contributed by atoms with Crippen LogP contribution in [0.1, 0.15) is 0 Å². The van der Waals surface area contributed by atoms with Gasteiger partial charge in [-0.05, 0) is 30.3 Å². The average molecular weight is 274 g/mol. The van der Waals surface area contributed by atoms with Crippen molar-refractivity contribution in [1.29, 1.82) is 0 Å². The van der Waals surface area contributed by atoms with Crippen molar-refractivity contribution in [2.75, 3.05) is 19.0 Å². The Balaban J connectivity index is 2.16. The van der Waals surface area contributed by atoms with Gasteiger partial charge < -0.3 is 4.90 Å². The summed E-state index contributed by atoms with van der Waals surface area (Å²) in [6.45, 7) is 0. The van der Waals surface area contributed by atoms with Crippen molar-refractivity contribution in [3.05, 3.63) is 58.6 Å². The SMILES string of the molecule is CN(C)c1cccc(Sc2ccc([N+](=O)[O-])cc2)c1. The summed E-state index contributed by atoms with van der Waals surface area (Å²) in [7, 11) is 3.99. The normalized spacial score (nSPS) is 10.2. The lowest BCUT2D eigenvalue weighted by atomic mass is 10.3. The zero-order valence-corrected chi connectivity index (χ0v) is 11.6. The first-order valence-corrected chi connectivity index (χ1v) is 6.57. The number of hydrogen-bond donors (Lipinski definition) is 0. The smallest absolute Gasteiger partial charge is 0.269 e. The summed E-state index contributed by atoms with van der Waals surface area (Å²) in [5, 5.41) is 10.6. The van der Waals surface area contributed by atoms with Crippen molar-refractivity contribution in [1.82, 2.24) is 0 Å². The van der Waals surface area contributed by atoms with E-state index >= 15 is 0 Å². The van der Waals surface area contributed by atoms with Crippen LogP contribution < -0.4 is 4.90 Å². The minimum atomic E-state index is -0.388. The standard InChI is InChI=1S/C14H14N2O2S/c1-15(2)12-4-3-5-14(10-12)19-13-8-6-11(7-9-13)16(17)18/h3-10H,1-2H3. The van der Waals surface area contributed by atoms with Crippen molar-refractivity contribution >= 4 is 23.1 Å². The van der Waals surface area contributed by atoms with E-state index in [0.717, 1.165) is 15.5 Å². The van der Waals surface area contributed by atoms with Gasteiger partial charge in [-0.3, -0.25) is 10.1 Å². The maximum absolute atomic E-state index is 10.6. The fourth-order valence-corrected chi connectivity index (χ4v) is 2.47. The molecule has 0 aliphatic rings. The van der Waals surface area contributed by atoms with Crippen LogP contribution in [0.3, 0.4) is 0 Å². The van der Waals surface area contributed by atoms with E-state index in [4.69, 9.17) is 0 Å². The van der Waals surface area contributed by atoms with Crippen LogP contribution in [0.2, 0.25) is 0 Å². The number of hydrogen-bond acceptors (Lipinski definition) is 4. The number of nitrogens with zero attached hydrogens (tertiary/aromatic N) is 2. The molecule has 0 aliphatic heterocycles. The summed E-state index contributed by atoms with van der Waals surface area (Å²) in [5.74, 6) is 0. The van der Waals surface area contributed by atoms with Gasteiger partial charge in [0.25, 0.3) is 5.69 Å². The largest absolute Gasteiger partial charge is 0.378 e. The number of nitro benzene ring substituents is 1. The molecular weight excluding hydrogens is 260 g/mol. The van der Waals surface area contributed by atoms with E-state index in [1.807, 2.05) is 37.2 Å². The first kappa shape index (κ1) is 13.4. The van der Waals surface area contributed by atoms with E-state index < -0.39 is 0 Å². The Kier molecular flexibility index (Phi) is 4.06. The maximum atomic E-state index is 10.6. The number of benzene rings is 2. The Bertz CT molecular complexity index is 582. The number of non-ortho nitro benzene ring substituents is 1. The molecule has 0 heterocycles. The molecule has 0 saturated heterocycles. The van der Waals surface area contributed by atoms with E-state index in [2.05, 4.69) is 6.07 Å². The summed E-state index contributed by atoms with van der Waals surface area (Å²) in [5.41, 5.74) is 1.25. The van der Waals surface area contributed by atoms with Gasteiger partial charge in [0.15, 0.2) is 0 Å². The predicted molar refractivity (Wildman–Crippen MR) is 78.0 cm³/mol. The van der Waals surface area contributed by atoms with Crippen molar-refractivity contribution in [2.45, 2.75) is 9.79 Å². The molecule has 0 fully saturated rings. The van der Waals surface area contributed by atoms with Crippen molar-refractivity contribution in [2.24, 2.45) is 0 Å². The van der Waals surface area contributed by atoms with Gasteiger partial charge in [-0.2, -0.15) is 0 Å². The van der Waals surface area contributed by atoms with E-state index in [9.17, 15) is 10.1 Å². The highest BCUT2D eigenvalue weighted by molar-refractivity contribution is 7.99. The Morgan fingerprint density at radius 2 is 1.74 bits per heavy atom. The van der Waals surface area contributed by atoms with E-state index in [1.165, 1.54) is 12.1 Å². The van der Waals surface area contributed by atoms with Gasteiger partial charge in [-0.15, -0.1) is 0 Å². The first-order chi connectivity index (χ1) is 9.06. The molecule has 2 rings (SSSR count). The molecule has 19 heavy (non-hydrogen) atoms. The highest BCUT2D eigenvalue weighted by Crippen LogP contribution is 2.30. The molecule has 5 heteroatoms. The number of anilines is 1. The summed E-state index contributed by atoms with van der Waals surface area (Å²) < 4.78 is 0. The van der Waals surface area contributed by atoms with Crippen LogP contribution in [0, 0.1) is 10.1 Å². The quantitative estimate of drug-likeness (QED) is 0.628. The molecule has 4 nitrogen and oxygen atoms in total. The number of nitro groups is 1. The highest BCUT2D eigenvalue weighted by Gasteiger charge is 2.05. The third kappa shape index (κ3) is 3.48. The van der Waals surface area contributed by atoms with E-state index in [0.29, 0.717) is 0 Å². The van der Waals surface area contributed by atoms with Crippen LogP contribution in [-0.2, 0) is 0 Å². The average Bonchev–Trinajstić information content (AvgIpc) is 2.39. The summed E-state index contributed by atoms with van der Waals surface area (Å²) in [6.07, 6.45) is 0. The summed E-state index contributed by atoms with van der Waals surface area (Å²) in [4.78, 5) is 14.3. The van der Waals surface area contributed by atoms with Crippen LogP contribution in [0.15, 0.2) is 58.3 Å². The minimum absolute atomic E-state index is 0.117. The van der Waals surface area contributed by atoms with Crippen LogP contribution in [0.4, 0.5) is 11.4 Å². The van der Waals surface area contributed by atoms with Gasteiger partial charge in [0.05, 0.1) is 4.92 Å². The third-order valence-corrected chi connectivity index (χ3v) is 3.61. The second kappa shape index (κ2) is 5.75. The second-order valence-electron chi connectivity index (χ2n) is 4.24. The second-order valence-corrected chi connectivity index (χ2v) is 5.39. The van der Waals surface area contributed by atoms with Crippen LogP contribution >= 0.6 is 11.8 Å². The zero-order valence-electron chi connectivity index (χ0n) is 10.7. The van der Waals surface area contributed by atoms with Gasteiger partial charge in [-0.1, -0.05) is 17.8 Å². The Hall–Kier alpha value is -2.01. The lowest BCUT2D eigenvalue weighted by Gasteiger charge is -2.13. The fourth-order valence-electron chi connectivity index (χ4n) is 1.60. The molecule has 0 spiro atoms. The lowest BCUT2D eigenvalue weighted by Crippen LogP contribution is -2.08. The molecule has 0 amide bonds. The van der Waals surface area contributed by atoms with Crippen molar-refractivity contribution in [3.8, 4) is 0 Å². The molecule has 0 N–H and O–H groups in total. The van der Waals surface area contributed by atoms with Gasteiger partial charge in [0, 0.05) is 41.7 Å². The third-order valence-electron chi connectivity index (χ3n) is 2.62. The molecule has 0 unspecified atom stereocenters. The van der Waals surface area contributed by atoms with Crippen LogP contribution in [0.25, 0.3) is 0 Å². The summed E-state index contributed by atoms with van der Waals surface area (Å²) >= 11 is 1.59. The van der Waals surface area contributed by atoms with E-state index in [1.54, 1.807) is 23.9 Å². The predicted octanol–water partition coefficient (Wildman–Crippen LogP) is 3.81. The Morgan fingerprint density at radius 1 is 1.05 bits per heavy atom. The molecule has 0 aromatic heterocycles. The topological polar surface area (TPSA) is 46.4 Å². The lowest BCUT2D eigenvalue weighted by molar-refractivity contribution is -0.384. The zero-order chi connectivity index (χ0) is 13.8. The van der Waals surface area contributed by atoms with Crippen molar-refractivity contribution < 1.29 is 4.92 Å². The molecule has 0 bridgehead atoms. The van der Waals surface area contributed by atoms with E-state index in [-0.39, 0.29) is 10.6 Å². The summed E-state index contributed by atoms with van der Waals surface area (Å²) in [6, 6.07) is 14.8. The fraction of sp³-hybridized carbons (Fsp3) is 0.143. The molecule has 0 saturated carbocycles. The maximum Gasteiger partial charge on any atom is 0.269 e. The molecule has 98 valence electrons. The molecule has 2 aromatic rings. The van der Waals surface area contributed by atoms with Crippen LogP contribution in [0.5, 0.6) is 0 Å². The molecule has 0 aliphatic carbocycles. The van der Waals surface area contributed by atoms with Crippen molar-refractivity contribution in [3.63, 3.8) is 0 Å². The molecule has 2 aromatic carbocycles. The van der Waals surface area contributed by atoms with Crippen LogP contribution in [-0.4, -0.2) is 19.0 Å². The van der Waals surface area contributed by atoms with Gasteiger partial charge in [0.2, 0.25) is 0 Å². The van der Waals surface area contributed by atoms with Gasteiger partial charge >= 0.3 is 0 Å². The van der Waals surface area contributed by atoms with Gasteiger partial charge in [-0.25, -0.2) is 0 Å². The Morgan fingerprint density at radius 3 is 2.32 bits per heavy atom. The molecular formula is C14H14N2O2S. The highest BCUT2D eigenvalue weighted by atomic mass is 32.2. The molecule has 0 radical (unpaired) electrons. The first-order valence-electron chi connectivity index (χ1n) is 5.76. The van der Waals surface area contributed by atoms with Gasteiger partial charge in [0.1, 0.15) is 0 Å². The Labute approximate surface area is 116 Å².